The molecule has 0 radical (unpaired) electrons. The third-order valence-corrected chi connectivity index (χ3v) is 7.41. The van der Waals surface area contributed by atoms with Crippen LogP contribution in [0.4, 0.5) is 0 Å². The third kappa shape index (κ3) is 3.75. The van der Waals surface area contributed by atoms with E-state index in [0.29, 0.717) is 11.5 Å². The normalized spacial score (nSPS) is 14.8. The molecule has 7 heteroatoms. The first-order chi connectivity index (χ1) is 17.5. The molecule has 36 heavy (non-hydrogen) atoms. The summed E-state index contributed by atoms with van der Waals surface area (Å²) in [6.07, 6.45) is 7.55. The maximum absolute atomic E-state index is 13.9. The largest absolute Gasteiger partial charge is 0.346 e. The quantitative estimate of drug-likeness (QED) is 0.350. The van der Waals surface area contributed by atoms with Gasteiger partial charge in [0.05, 0.1) is 22.8 Å². The highest BCUT2D eigenvalue weighted by atomic mass is 16.2. The van der Waals surface area contributed by atoms with Crippen LogP contribution in [0.2, 0.25) is 0 Å². The summed E-state index contributed by atoms with van der Waals surface area (Å²) in [6, 6.07) is 14.4. The average Bonchev–Trinajstić information content (AvgIpc) is 3.53. The summed E-state index contributed by atoms with van der Waals surface area (Å²) in [5, 5.41) is 6.59. The van der Waals surface area contributed by atoms with Crippen LogP contribution in [0.25, 0.3) is 33.3 Å². The van der Waals surface area contributed by atoms with Crippen molar-refractivity contribution in [1.82, 2.24) is 29.6 Å². The Morgan fingerprint density at radius 2 is 1.89 bits per heavy atom. The number of fused-ring (bicyclic) bond motifs is 2. The highest BCUT2D eigenvalue weighted by molar-refractivity contribution is 6.06. The van der Waals surface area contributed by atoms with E-state index >= 15 is 0 Å². The highest BCUT2D eigenvalue weighted by Gasteiger charge is 2.28. The molecule has 1 aromatic carbocycles. The van der Waals surface area contributed by atoms with Gasteiger partial charge in [0.2, 0.25) is 0 Å². The van der Waals surface area contributed by atoms with Crippen LogP contribution in [0.5, 0.6) is 0 Å². The fourth-order valence-electron chi connectivity index (χ4n) is 5.45. The molecule has 1 aliphatic rings. The van der Waals surface area contributed by atoms with E-state index in [1.165, 1.54) is 10.9 Å². The second-order valence-electron chi connectivity index (χ2n) is 10.0. The number of nitrogens with one attached hydrogen (secondary N) is 1. The summed E-state index contributed by atoms with van der Waals surface area (Å²) in [5.41, 5.74) is 6.65. The van der Waals surface area contributed by atoms with Crippen molar-refractivity contribution in [2.24, 2.45) is 0 Å². The SMILES string of the molecule is Cc1ccccc1-c1cc(C(=O)N2CCC(c3c[nH]c4ncccc34)CC2)c2cnn(C(C)C)c2n1. The summed E-state index contributed by atoms with van der Waals surface area (Å²) in [7, 11) is 0. The zero-order chi connectivity index (χ0) is 24.8. The van der Waals surface area contributed by atoms with Crippen molar-refractivity contribution in [2.75, 3.05) is 13.1 Å². The number of carbonyl (C=O) groups is 1. The Morgan fingerprint density at radius 3 is 2.67 bits per heavy atom. The van der Waals surface area contributed by atoms with Crippen LogP contribution in [0.3, 0.4) is 0 Å². The lowest BCUT2D eigenvalue weighted by molar-refractivity contribution is 0.0715. The van der Waals surface area contributed by atoms with Crippen molar-refractivity contribution in [3.05, 3.63) is 77.7 Å². The maximum Gasteiger partial charge on any atom is 0.254 e. The Labute approximate surface area is 210 Å². The third-order valence-electron chi connectivity index (χ3n) is 7.41. The average molecular weight is 479 g/mol. The standard InChI is InChI=1S/C29H30N6O/c1-18(2)35-28-25(17-32-35)23(15-26(33-28)21-8-5-4-7-19(21)3)29(36)34-13-10-20(11-14-34)24-16-31-27-22(24)9-6-12-30-27/h4-9,12,15-18,20H,10-11,13-14H2,1-3H3,(H,30,31). The minimum atomic E-state index is 0.0552. The molecular formula is C29H30N6O. The van der Waals surface area contributed by atoms with Gasteiger partial charge < -0.3 is 9.88 Å². The number of nitrogens with zero attached hydrogens (tertiary/aromatic N) is 5. The van der Waals surface area contributed by atoms with Gasteiger partial charge in [0, 0.05) is 42.5 Å². The zero-order valence-electron chi connectivity index (χ0n) is 20.9. The van der Waals surface area contributed by atoms with Crippen molar-refractivity contribution >= 4 is 28.0 Å². The number of hydrogen-bond acceptors (Lipinski definition) is 4. The van der Waals surface area contributed by atoms with Crippen LogP contribution in [-0.4, -0.2) is 48.6 Å². The number of rotatable bonds is 4. The number of likely N-dealkylation sites (tertiary alicyclic amines) is 1. The molecule has 0 spiro atoms. The number of aryl methyl sites for hydroxylation is 1. The first-order valence-electron chi connectivity index (χ1n) is 12.7. The van der Waals surface area contributed by atoms with Crippen LogP contribution in [-0.2, 0) is 0 Å². The van der Waals surface area contributed by atoms with E-state index in [1.807, 2.05) is 40.0 Å². The summed E-state index contributed by atoms with van der Waals surface area (Å²) in [6.45, 7) is 7.69. The number of benzene rings is 1. The molecule has 1 aliphatic heterocycles. The smallest absolute Gasteiger partial charge is 0.254 e. The van der Waals surface area contributed by atoms with Crippen molar-refractivity contribution in [3.63, 3.8) is 0 Å². The fraction of sp³-hybridized carbons (Fsp3) is 0.310. The Kier molecular flexibility index (Phi) is 5.55. The topological polar surface area (TPSA) is 79.7 Å². The second-order valence-corrected chi connectivity index (χ2v) is 10.0. The molecule has 0 atom stereocenters. The molecule has 0 saturated carbocycles. The molecule has 7 nitrogen and oxygen atoms in total. The predicted molar refractivity (Wildman–Crippen MR) is 142 cm³/mol. The number of aromatic nitrogens is 5. The Balaban J connectivity index is 1.33. The van der Waals surface area contributed by atoms with Crippen molar-refractivity contribution in [3.8, 4) is 11.3 Å². The molecule has 1 amide bonds. The number of H-pyrrole nitrogens is 1. The summed E-state index contributed by atoms with van der Waals surface area (Å²) < 4.78 is 1.91. The molecule has 182 valence electrons. The van der Waals surface area contributed by atoms with E-state index in [9.17, 15) is 4.79 Å². The number of hydrogen-bond donors (Lipinski definition) is 1. The second kappa shape index (κ2) is 8.90. The minimum absolute atomic E-state index is 0.0552. The Morgan fingerprint density at radius 1 is 1.08 bits per heavy atom. The number of amides is 1. The van der Waals surface area contributed by atoms with Gasteiger partial charge in [-0.3, -0.25) is 4.79 Å². The Bertz CT molecular complexity index is 1570. The van der Waals surface area contributed by atoms with Crippen molar-refractivity contribution in [1.29, 1.82) is 0 Å². The molecule has 1 saturated heterocycles. The van der Waals surface area contributed by atoms with Crippen molar-refractivity contribution < 1.29 is 4.79 Å². The van der Waals surface area contributed by atoms with Gasteiger partial charge in [-0.15, -0.1) is 0 Å². The van der Waals surface area contributed by atoms with Crippen LogP contribution < -0.4 is 0 Å². The van der Waals surface area contributed by atoms with Crippen LogP contribution >= 0.6 is 0 Å². The van der Waals surface area contributed by atoms with Gasteiger partial charge in [-0.1, -0.05) is 24.3 Å². The molecule has 5 heterocycles. The summed E-state index contributed by atoms with van der Waals surface area (Å²) in [5.74, 6) is 0.468. The van der Waals surface area contributed by atoms with Gasteiger partial charge in [-0.25, -0.2) is 14.6 Å². The number of carbonyl (C=O) groups excluding carboxylic acids is 1. The number of pyridine rings is 2. The van der Waals surface area contributed by atoms with Gasteiger partial charge in [0.1, 0.15) is 5.65 Å². The van der Waals surface area contributed by atoms with E-state index in [0.717, 1.165) is 59.4 Å². The lowest BCUT2D eigenvalue weighted by atomic mass is 9.89. The van der Waals surface area contributed by atoms with Gasteiger partial charge in [0.15, 0.2) is 5.65 Å². The number of aromatic amines is 1. The van der Waals surface area contributed by atoms with E-state index in [-0.39, 0.29) is 11.9 Å². The minimum Gasteiger partial charge on any atom is -0.346 e. The Hall–Kier alpha value is -4.00. The lowest BCUT2D eigenvalue weighted by Crippen LogP contribution is -2.38. The summed E-state index contributed by atoms with van der Waals surface area (Å²) in [4.78, 5) is 28.6. The van der Waals surface area contributed by atoms with Crippen LogP contribution in [0.15, 0.2) is 61.1 Å². The van der Waals surface area contributed by atoms with Crippen LogP contribution in [0, 0.1) is 6.92 Å². The first kappa shape index (κ1) is 22.5. The molecular weight excluding hydrogens is 448 g/mol. The molecule has 4 aromatic heterocycles. The van der Waals surface area contributed by atoms with Gasteiger partial charge >= 0.3 is 0 Å². The fourth-order valence-corrected chi connectivity index (χ4v) is 5.45. The number of piperidine rings is 1. The maximum atomic E-state index is 13.9. The summed E-state index contributed by atoms with van der Waals surface area (Å²) >= 11 is 0. The molecule has 1 fully saturated rings. The van der Waals surface area contributed by atoms with Gasteiger partial charge in [-0.2, -0.15) is 5.10 Å². The zero-order valence-corrected chi connectivity index (χ0v) is 20.9. The first-order valence-corrected chi connectivity index (χ1v) is 12.7. The monoisotopic (exact) mass is 478 g/mol. The van der Waals surface area contributed by atoms with E-state index in [4.69, 9.17) is 4.98 Å². The van der Waals surface area contributed by atoms with E-state index in [2.05, 4.69) is 60.2 Å². The lowest BCUT2D eigenvalue weighted by Gasteiger charge is -2.32. The van der Waals surface area contributed by atoms with Crippen molar-refractivity contribution in [2.45, 2.75) is 45.6 Å². The van der Waals surface area contributed by atoms with Crippen LogP contribution in [0.1, 0.15) is 60.1 Å². The van der Waals surface area contributed by atoms with Gasteiger partial charge in [0.25, 0.3) is 5.91 Å². The van der Waals surface area contributed by atoms with Gasteiger partial charge in [-0.05, 0) is 68.9 Å². The molecule has 0 aliphatic carbocycles. The molecule has 1 N–H and O–H groups in total. The predicted octanol–water partition coefficient (Wildman–Crippen LogP) is 5.88. The molecule has 5 aromatic rings. The van der Waals surface area contributed by atoms with E-state index < -0.39 is 0 Å². The molecule has 0 unspecified atom stereocenters. The highest BCUT2D eigenvalue weighted by Crippen LogP contribution is 2.34. The molecule has 6 rings (SSSR count). The molecule has 0 bridgehead atoms. The van der Waals surface area contributed by atoms with E-state index in [1.54, 1.807) is 6.20 Å².